The Labute approximate surface area is 296 Å². The minimum Gasteiger partial charge on any atom is -0.506 e. The van der Waals surface area contributed by atoms with Crippen LogP contribution in [0.3, 0.4) is 0 Å². The molecule has 3 aromatic rings. The highest BCUT2D eigenvalue weighted by molar-refractivity contribution is 7.92. The standard InChI is InChI=1S/C38H49ClN2O7S/c1-4-6-7-8-9-10-11-12-13-14-25-48-30-20-22-31(23-21-30)49(45,46)36(5-2)38(44)41-33-27-35(42)34(26-32(33)39)40-37(43)24-17-28-15-18-29(47-3)19-16-28/h15-24,26-27,36,42H,4-14,25H2,1-3H3,(H,40,43)(H,41,44). The number of hydrogen-bond donors (Lipinski definition) is 3. The van der Waals surface area contributed by atoms with Crippen LogP contribution in [0.15, 0.2) is 71.6 Å². The van der Waals surface area contributed by atoms with Gasteiger partial charge in [-0.05, 0) is 66.9 Å². The number of anilines is 2. The van der Waals surface area contributed by atoms with Gasteiger partial charge in [-0.3, -0.25) is 9.59 Å². The molecular formula is C38H49ClN2O7S. The number of carbonyl (C=O) groups excluding carboxylic acids is 2. The van der Waals surface area contributed by atoms with Gasteiger partial charge in [0, 0.05) is 12.1 Å². The maximum Gasteiger partial charge on any atom is 0.248 e. The summed E-state index contributed by atoms with van der Waals surface area (Å²) < 4.78 is 37.8. The first-order valence-corrected chi connectivity index (χ1v) is 18.9. The summed E-state index contributed by atoms with van der Waals surface area (Å²) in [7, 11) is -2.50. The van der Waals surface area contributed by atoms with E-state index in [0.717, 1.165) is 24.5 Å². The van der Waals surface area contributed by atoms with Crippen molar-refractivity contribution < 1.29 is 32.6 Å². The van der Waals surface area contributed by atoms with Crippen LogP contribution in [-0.2, 0) is 19.4 Å². The first kappa shape index (κ1) is 39.4. The van der Waals surface area contributed by atoms with Gasteiger partial charge < -0.3 is 25.2 Å². The normalized spacial score (nSPS) is 12.1. The summed E-state index contributed by atoms with van der Waals surface area (Å²) in [5.74, 6) is -0.436. The average molecular weight is 713 g/mol. The molecule has 0 radical (unpaired) electrons. The highest BCUT2D eigenvalue weighted by Gasteiger charge is 2.33. The number of ether oxygens (including phenoxy) is 2. The van der Waals surface area contributed by atoms with Gasteiger partial charge in [0.25, 0.3) is 0 Å². The van der Waals surface area contributed by atoms with E-state index < -0.39 is 26.9 Å². The molecule has 2 amide bonds. The summed E-state index contributed by atoms with van der Waals surface area (Å²) in [5.41, 5.74) is 0.781. The number of phenols is 1. The molecule has 0 aliphatic carbocycles. The summed E-state index contributed by atoms with van der Waals surface area (Å²) >= 11 is 6.36. The number of hydrogen-bond acceptors (Lipinski definition) is 7. The molecule has 0 saturated heterocycles. The Morgan fingerprint density at radius 1 is 0.816 bits per heavy atom. The molecule has 3 aromatic carbocycles. The van der Waals surface area contributed by atoms with Gasteiger partial charge in [0.05, 0.1) is 35.0 Å². The molecule has 0 bridgehead atoms. The van der Waals surface area contributed by atoms with Crippen molar-refractivity contribution in [2.75, 3.05) is 24.4 Å². The lowest BCUT2D eigenvalue weighted by molar-refractivity contribution is -0.116. The third-order valence-electron chi connectivity index (χ3n) is 8.10. The lowest BCUT2D eigenvalue weighted by Gasteiger charge is -2.18. The van der Waals surface area contributed by atoms with Crippen LogP contribution >= 0.6 is 11.6 Å². The molecule has 0 saturated carbocycles. The fraction of sp³-hybridized carbons (Fsp3) is 0.421. The van der Waals surface area contributed by atoms with Crippen molar-refractivity contribution in [3.8, 4) is 17.2 Å². The van der Waals surface area contributed by atoms with E-state index in [4.69, 9.17) is 21.1 Å². The van der Waals surface area contributed by atoms with Gasteiger partial charge in [0.2, 0.25) is 11.8 Å². The number of carbonyl (C=O) groups is 2. The van der Waals surface area contributed by atoms with Crippen LogP contribution in [0.5, 0.6) is 17.2 Å². The van der Waals surface area contributed by atoms with E-state index in [0.29, 0.717) is 18.1 Å². The Kier molecular flexibility index (Phi) is 16.5. The number of phenolic OH excluding ortho intramolecular Hbond substituents is 1. The first-order chi connectivity index (χ1) is 23.6. The Morgan fingerprint density at radius 2 is 1.41 bits per heavy atom. The molecule has 0 spiro atoms. The average Bonchev–Trinajstić information content (AvgIpc) is 3.09. The predicted molar refractivity (Wildman–Crippen MR) is 197 cm³/mol. The van der Waals surface area contributed by atoms with E-state index in [2.05, 4.69) is 17.6 Å². The fourth-order valence-corrected chi connectivity index (χ4v) is 7.08. The molecule has 11 heteroatoms. The van der Waals surface area contributed by atoms with Gasteiger partial charge >= 0.3 is 0 Å². The summed E-state index contributed by atoms with van der Waals surface area (Å²) in [5, 5.41) is 14.2. The number of unbranched alkanes of at least 4 members (excludes halogenated alkanes) is 9. The van der Waals surface area contributed by atoms with Gasteiger partial charge in [0.15, 0.2) is 9.84 Å². The zero-order valence-corrected chi connectivity index (χ0v) is 30.2. The minimum absolute atomic E-state index is 0.000289. The molecule has 0 aliphatic rings. The monoisotopic (exact) mass is 712 g/mol. The van der Waals surface area contributed by atoms with Gasteiger partial charge in [-0.25, -0.2) is 8.42 Å². The largest absolute Gasteiger partial charge is 0.506 e. The van der Waals surface area contributed by atoms with Gasteiger partial charge in [-0.2, -0.15) is 0 Å². The van der Waals surface area contributed by atoms with Crippen LogP contribution < -0.4 is 20.1 Å². The Balaban J connectivity index is 1.51. The SMILES string of the molecule is CCCCCCCCCCCCOc1ccc(S(=O)(=O)C(CC)C(=O)Nc2cc(O)c(NC(=O)C=Cc3ccc(OC)cc3)cc2Cl)cc1. The number of amides is 2. The topological polar surface area (TPSA) is 131 Å². The van der Waals surface area contributed by atoms with E-state index in [1.807, 2.05) is 0 Å². The number of sulfone groups is 1. The number of nitrogens with one attached hydrogen (secondary N) is 2. The highest BCUT2D eigenvalue weighted by Crippen LogP contribution is 2.34. The van der Waals surface area contributed by atoms with E-state index in [-0.39, 0.29) is 33.5 Å². The maximum absolute atomic E-state index is 13.4. The summed E-state index contributed by atoms with van der Waals surface area (Å²) in [6, 6.07) is 15.6. The third kappa shape index (κ3) is 12.7. The second-order valence-corrected chi connectivity index (χ2v) is 14.4. The summed E-state index contributed by atoms with van der Waals surface area (Å²) in [6.45, 7) is 4.38. The lowest BCUT2D eigenvalue weighted by atomic mass is 10.1. The van der Waals surface area contributed by atoms with Crippen LogP contribution in [0.25, 0.3) is 6.08 Å². The summed E-state index contributed by atoms with van der Waals surface area (Å²) in [4.78, 5) is 25.6. The minimum atomic E-state index is -4.06. The molecule has 0 fully saturated rings. The molecule has 0 aromatic heterocycles. The first-order valence-electron chi connectivity index (χ1n) is 17.0. The fourth-order valence-electron chi connectivity index (χ4n) is 5.25. The van der Waals surface area contributed by atoms with Crippen molar-refractivity contribution in [3.63, 3.8) is 0 Å². The molecule has 0 aliphatic heterocycles. The molecule has 3 N–H and O–H groups in total. The van der Waals surface area contributed by atoms with Gasteiger partial charge in [-0.1, -0.05) is 95.4 Å². The van der Waals surface area contributed by atoms with Crippen molar-refractivity contribution in [3.05, 3.63) is 77.3 Å². The summed E-state index contributed by atoms with van der Waals surface area (Å²) in [6.07, 6.45) is 15.2. The van der Waals surface area contributed by atoms with Crippen molar-refractivity contribution >= 4 is 50.7 Å². The van der Waals surface area contributed by atoms with Gasteiger partial charge in [-0.15, -0.1) is 0 Å². The van der Waals surface area contributed by atoms with Crippen molar-refractivity contribution in [1.29, 1.82) is 0 Å². The van der Waals surface area contributed by atoms with Crippen LogP contribution in [-0.4, -0.2) is 44.3 Å². The highest BCUT2D eigenvalue weighted by atomic mass is 35.5. The lowest BCUT2D eigenvalue weighted by Crippen LogP contribution is -2.34. The second-order valence-electron chi connectivity index (χ2n) is 11.9. The molecule has 266 valence electrons. The van der Waals surface area contributed by atoms with Crippen LogP contribution in [0.4, 0.5) is 11.4 Å². The number of methoxy groups -OCH3 is 1. The van der Waals surface area contributed by atoms with Crippen LogP contribution in [0.2, 0.25) is 5.02 Å². The third-order valence-corrected chi connectivity index (χ3v) is 10.6. The van der Waals surface area contributed by atoms with Crippen LogP contribution in [0.1, 0.15) is 90.0 Å². The maximum atomic E-state index is 13.4. The number of halogens is 1. The molecule has 1 unspecified atom stereocenters. The molecule has 1 atom stereocenters. The Morgan fingerprint density at radius 3 is 2.00 bits per heavy atom. The van der Waals surface area contributed by atoms with Crippen LogP contribution in [0, 0.1) is 0 Å². The Bertz CT molecular complexity index is 1620. The molecule has 49 heavy (non-hydrogen) atoms. The van der Waals surface area contributed by atoms with Crippen molar-refractivity contribution in [1.82, 2.24) is 0 Å². The number of aromatic hydroxyl groups is 1. The van der Waals surface area contributed by atoms with Crippen molar-refractivity contribution in [2.45, 2.75) is 94.6 Å². The molecule has 9 nitrogen and oxygen atoms in total. The van der Waals surface area contributed by atoms with E-state index in [1.54, 1.807) is 56.5 Å². The quantitative estimate of drug-likeness (QED) is 0.0570. The predicted octanol–water partition coefficient (Wildman–Crippen LogP) is 9.20. The van der Waals surface area contributed by atoms with E-state index in [9.17, 15) is 23.1 Å². The Hall–Kier alpha value is -4.02. The van der Waals surface area contributed by atoms with E-state index in [1.165, 1.54) is 75.6 Å². The van der Waals surface area contributed by atoms with E-state index >= 15 is 0 Å². The molecule has 0 heterocycles. The molecular weight excluding hydrogens is 664 g/mol. The smallest absolute Gasteiger partial charge is 0.248 e. The van der Waals surface area contributed by atoms with Gasteiger partial charge in [0.1, 0.15) is 22.5 Å². The van der Waals surface area contributed by atoms with Crippen molar-refractivity contribution in [2.24, 2.45) is 0 Å². The molecule has 3 rings (SSSR count). The second kappa shape index (κ2) is 20.5. The number of benzene rings is 3. The number of rotatable bonds is 21. The zero-order chi connectivity index (χ0) is 35.6. The zero-order valence-electron chi connectivity index (χ0n) is 28.7.